The third-order valence-corrected chi connectivity index (χ3v) is 6.37. The zero-order valence-electron chi connectivity index (χ0n) is 15.2. The minimum Gasteiger partial charge on any atom is -0.477 e. The Hall–Kier alpha value is -2.16. The number of nitro benzene ring substituents is 1. The first-order valence-corrected chi connectivity index (χ1v) is 10.4. The van der Waals surface area contributed by atoms with Crippen molar-refractivity contribution in [3.63, 3.8) is 0 Å². The molecular weight excluding hydrogens is 360 g/mol. The number of hydrogen-bond donors (Lipinski definition) is 0. The smallest absolute Gasteiger partial charge is 0.311 e. The lowest BCUT2D eigenvalue weighted by Crippen LogP contribution is -2.48. The molecule has 1 fully saturated rings. The number of ether oxygens (including phenoxy) is 1. The van der Waals surface area contributed by atoms with Gasteiger partial charge in [-0.05, 0) is 38.3 Å². The van der Waals surface area contributed by atoms with E-state index in [9.17, 15) is 23.3 Å². The van der Waals surface area contributed by atoms with Crippen molar-refractivity contribution >= 4 is 21.4 Å². The molecule has 1 heterocycles. The SMILES string of the molecule is CC[C@H](C)N(C(=O)COc1ccc(C)cc1[N+](=O)[O-])[C@H]1CCS(=O)(=O)C1. The molecule has 8 nitrogen and oxygen atoms in total. The first-order valence-electron chi connectivity index (χ1n) is 8.54. The summed E-state index contributed by atoms with van der Waals surface area (Å²) < 4.78 is 29.0. The molecule has 0 radical (unpaired) electrons. The van der Waals surface area contributed by atoms with Gasteiger partial charge in [0, 0.05) is 18.2 Å². The Morgan fingerprint density at radius 2 is 2.15 bits per heavy atom. The zero-order valence-corrected chi connectivity index (χ0v) is 16.0. The largest absolute Gasteiger partial charge is 0.477 e. The van der Waals surface area contributed by atoms with E-state index in [2.05, 4.69) is 0 Å². The van der Waals surface area contributed by atoms with Gasteiger partial charge in [0.25, 0.3) is 5.91 Å². The van der Waals surface area contributed by atoms with E-state index in [1.165, 1.54) is 12.1 Å². The molecule has 0 aromatic heterocycles. The molecule has 0 spiro atoms. The van der Waals surface area contributed by atoms with Crippen LogP contribution in [0.5, 0.6) is 5.75 Å². The second-order valence-corrected chi connectivity index (χ2v) is 8.86. The van der Waals surface area contributed by atoms with E-state index < -0.39 is 14.8 Å². The highest BCUT2D eigenvalue weighted by atomic mass is 32.2. The second-order valence-electron chi connectivity index (χ2n) is 6.63. The minimum absolute atomic E-state index is 0.0251. The summed E-state index contributed by atoms with van der Waals surface area (Å²) in [4.78, 5) is 24.9. The fraction of sp³-hybridized carbons (Fsp3) is 0.588. The van der Waals surface area contributed by atoms with Crippen LogP contribution in [0, 0.1) is 17.0 Å². The number of benzene rings is 1. The van der Waals surface area contributed by atoms with Crippen molar-refractivity contribution < 1.29 is 22.9 Å². The molecule has 0 aliphatic carbocycles. The Kier molecular flexibility index (Phi) is 6.22. The molecule has 2 atom stereocenters. The molecule has 26 heavy (non-hydrogen) atoms. The van der Waals surface area contributed by atoms with Gasteiger partial charge in [0.1, 0.15) is 0 Å². The Morgan fingerprint density at radius 3 is 2.69 bits per heavy atom. The van der Waals surface area contributed by atoms with Crippen molar-refractivity contribution in [3.05, 3.63) is 33.9 Å². The van der Waals surface area contributed by atoms with Gasteiger partial charge in [0.2, 0.25) is 0 Å². The lowest BCUT2D eigenvalue weighted by atomic mass is 10.1. The molecule has 1 aliphatic rings. The average molecular weight is 384 g/mol. The van der Waals surface area contributed by atoms with Gasteiger partial charge in [-0.3, -0.25) is 14.9 Å². The van der Waals surface area contributed by atoms with Crippen molar-refractivity contribution in [2.45, 2.75) is 45.7 Å². The van der Waals surface area contributed by atoms with E-state index >= 15 is 0 Å². The van der Waals surface area contributed by atoms with Gasteiger partial charge in [-0.15, -0.1) is 0 Å². The third kappa shape index (κ3) is 4.72. The van der Waals surface area contributed by atoms with E-state index in [0.717, 1.165) is 0 Å². The van der Waals surface area contributed by atoms with Gasteiger partial charge in [0.15, 0.2) is 22.2 Å². The Morgan fingerprint density at radius 1 is 1.46 bits per heavy atom. The standard InChI is InChI=1S/C17H24N2O6S/c1-4-13(3)18(14-7-8-26(23,24)11-14)17(20)10-25-16-6-5-12(2)9-15(16)19(21)22/h5-6,9,13-14H,4,7-8,10-11H2,1-3H3/t13-,14-/m0/s1. The van der Waals surface area contributed by atoms with Crippen molar-refractivity contribution in [1.29, 1.82) is 0 Å². The summed E-state index contributed by atoms with van der Waals surface area (Å²) in [6, 6.07) is 4.00. The van der Waals surface area contributed by atoms with Crippen molar-refractivity contribution in [3.8, 4) is 5.75 Å². The number of nitrogens with zero attached hydrogens (tertiary/aromatic N) is 2. The van der Waals surface area contributed by atoms with E-state index in [1.807, 2.05) is 13.8 Å². The normalized spacial score (nSPS) is 19.7. The minimum atomic E-state index is -3.13. The number of carbonyl (C=O) groups is 1. The van der Waals surface area contributed by atoms with Gasteiger partial charge < -0.3 is 9.64 Å². The predicted molar refractivity (Wildman–Crippen MR) is 97.0 cm³/mol. The van der Waals surface area contributed by atoms with Crippen LogP contribution in [0.3, 0.4) is 0 Å². The summed E-state index contributed by atoms with van der Waals surface area (Å²) in [6.07, 6.45) is 1.08. The summed E-state index contributed by atoms with van der Waals surface area (Å²) in [5, 5.41) is 11.2. The van der Waals surface area contributed by atoms with Gasteiger partial charge in [0.05, 0.1) is 16.4 Å². The highest BCUT2D eigenvalue weighted by Crippen LogP contribution is 2.28. The van der Waals surface area contributed by atoms with Gasteiger partial charge in [-0.2, -0.15) is 0 Å². The monoisotopic (exact) mass is 384 g/mol. The van der Waals surface area contributed by atoms with E-state index in [0.29, 0.717) is 18.4 Å². The first kappa shape index (κ1) is 20.2. The number of rotatable bonds is 7. The quantitative estimate of drug-likeness (QED) is 0.526. The maximum atomic E-state index is 12.7. The molecule has 2 rings (SSSR count). The highest BCUT2D eigenvalue weighted by molar-refractivity contribution is 7.91. The van der Waals surface area contributed by atoms with Crippen molar-refractivity contribution in [1.82, 2.24) is 4.90 Å². The third-order valence-electron chi connectivity index (χ3n) is 4.62. The van der Waals surface area contributed by atoms with Crippen LogP contribution in [0.2, 0.25) is 0 Å². The van der Waals surface area contributed by atoms with E-state index in [-0.39, 0.29) is 47.5 Å². The number of aryl methyl sites for hydroxylation is 1. The molecule has 144 valence electrons. The van der Waals surface area contributed by atoms with E-state index in [1.54, 1.807) is 17.9 Å². The summed E-state index contributed by atoms with van der Waals surface area (Å²) in [5.74, 6) is -0.316. The fourth-order valence-corrected chi connectivity index (χ4v) is 4.82. The van der Waals surface area contributed by atoms with Crippen LogP contribution in [-0.2, 0) is 14.6 Å². The predicted octanol–water partition coefficient (Wildman–Crippen LogP) is 2.10. The Balaban J connectivity index is 2.14. The van der Waals surface area contributed by atoms with Crippen molar-refractivity contribution in [2.75, 3.05) is 18.1 Å². The van der Waals surface area contributed by atoms with Crippen LogP contribution in [0.15, 0.2) is 18.2 Å². The molecule has 0 saturated carbocycles. The number of carbonyl (C=O) groups excluding carboxylic acids is 1. The van der Waals surface area contributed by atoms with Crippen LogP contribution in [0.25, 0.3) is 0 Å². The highest BCUT2D eigenvalue weighted by Gasteiger charge is 2.36. The van der Waals surface area contributed by atoms with Crippen LogP contribution in [0.1, 0.15) is 32.3 Å². The molecule has 1 saturated heterocycles. The molecule has 1 aromatic rings. The number of amides is 1. The summed E-state index contributed by atoms with van der Waals surface area (Å²) in [5.41, 5.74) is 0.518. The zero-order chi connectivity index (χ0) is 19.5. The van der Waals surface area contributed by atoms with Gasteiger partial charge in [-0.25, -0.2) is 8.42 Å². The van der Waals surface area contributed by atoms with Gasteiger partial charge >= 0.3 is 5.69 Å². The summed E-state index contributed by atoms with van der Waals surface area (Å²) >= 11 is 0. The van der Waals surface area contributed by atoms with Crippen LogP contribution in [-0.4, -0.2) is 54.3 Å². The maximum absolute atomic E-state index is 12.7. The summed E-state index contributed by atoms with van der Waals surface area (Å²) in [6.45, 7) is 5.13. The Labute approximate surface area is 153 Å². The number of sulfone groups is 1. The fourth-order valence-electron chi connectivity index (χ4n) is 3.11. The number of nitro groups is 1. The Bertz CT molecular complexity index is 792. The molecule has 1 aromatic carbocycles. The van der Waals surface area contributed by atoms with E-state index in [4.69, 9.17) is 4.74 Å². The topological polar surface area (TPSA) is 107 Å². The van der Waals surface area contributed by atoms with Crippen LogP contribution >= 0.6 is 0 Å². The van der Waals surface area contributed by atoms with Gasteiger partial charge in [-0.1, -0.05) is 13.0 Å². The molecule has 0 bridgehead atoms. The molecular formula is C17H24N2O6S. The van der Waals surface area contributed by atoms with Crippen molar-refractivity contribution in [2.24, 2.45) is 0 Å². The van der Waals surface area contributed by atoms with Crippen LogP contribution in [0.4, 0.5) is 5.69 Å². The maximum Gasteiger partial charge on any atom is 0.311 e. The lowest BCUT2D eigenvalue weighted by Gasteiger charge is -2.33. The summed E-state index contributed by atoms with van der Waals surface area (Å²) in [7, 11) is -3.13. The number of hydrogen-bond acceptors (Lipinski definition) is 6. The average Bonchev–Trinajstić information content (AvgIpc) is 2.92. The molecule has 1 aliphatic heterocycles. The molecule has 1 amide bonds. The second kappa shape index (κ2) is 8.03. The molecule has 9 heteroatoms. The lowest BCUT2D eigenvalue weighted by molar-refractivity contribution is -0.385. The first-order chi connectivity index (χ1) is 12.1. The van der Waals surface area contributed by atoms with Crippen LogP contribution < -0.4 is 4.74 Å². The molecule has 0 N–H and O–H groups in total. The molecule has 0 unspecified atom stereocenters.